The van der Waals surface area contributed by atoms with Gasteiger partial charge in [0.2, 0.25) is 5.91 Å². The molecule has 2 rings (SSSR count). The van der Waals surface area contributed by atoms with E-state index in [0.29, 0.717) is 18.8 Å². The van der Waals surface area contributed by atoms with Crippen molar-refractivity contribution in [1.29, 1.82) is 0 Å². The van der Waals surface area contributed by atoms with Crippen molar-refractivity contribution in [1.82, 2.24) is 5.32 Å². The molecule has 0 radical (unpaired) electrons. The maximum atomic E-state index is 12.0. The average Bonchev–Trinajstić information content (AvgIpc) is 2.33. The summed E-state index contributed by atoms with van der Waals surface area (Å²) in [5.41, 5.74) is 0. The summed E-state index contributed by atoms with van der Waals surface area (Å²) < 4.78 is 0. The SMILES string of the molecule is CC(CC1CCCCC1)C(=O)NC1CC(C(=O)O)C1. The minimum atomic E-state index is -0.735. The monoisotopic (exact) mass is 267 g/mol. The number of hydrogen-bond acceptors (Lipinski definition) is 2. The maximum Gasteiger partial charge on any atom is 0.306 e. The van der Waals surface area contributed by atoms with E-state index in [2.05, 4.69) is 5.32 Å². The molecule has 0 aromatic rings. The molecule has 4 heteroatoms. The van der Waals surface area contributed by atoms with Gasteiger partial charge in [-0.25, -0.2) is 0 Å². The van der Waals surface area contributed by atoms with Crippen molar-refractivity contribution < 1.29 is 14.7 Å². The Bertz CT molecular complexity index is 330. The minimum Gasteiger partial charge on any atom is -0.481 e. The van der Waals surface area contributed by atoms with E-state index in [4.69, 9.17) is 5.11 Å². The molecule has 0 heterocycles. The molecule has 0 bridgehead atoms. The van der Waals surface area contributed by atoms with Gasteiger partial charge in [0.05, 0.1) is 5.92 Å². The van der Waals surface area contributed by atoms with E-state index < -0.39 is 5.97 Å². The van der Waals surface area contributed by atoms with Crippen molar-refractivity contribution in [3.8, 4) is 0 Å². The number of aliphatic carboxylic acids is 1. The van der Waals surface area contributed by atoms with Crippen molar-refractivity contribution in [3.63, 3.8) is 0 Å². The molecule has 1 amide bonds. The molecule has 0 aromatic heterocycles. The van der Waals surface area contributed by atoms with Crippen molar-refractivity contribution in [2.24, 2.45) is 17.8 Å². The van der Waals surface area contributed by atoms with E-state index >= 15 is 0 Å². The molecule has 0 spiro atoms. The van der Waals surface area contributed by atoms with Crippen LogP contribution in [0.5, 0.6) is 0 Å². The van der Waals surface area contributed by atoms with Crippen LogP contribution in [0.25, 0.3) is 0 Å². The van der Waals surface area contributed by atoms with E-state index in [1.807, 2.05) is 6.92 Å². The topological polar surface area (TPSA) is 66.4 Å². The Morgan fingerprint density at radius 1 is 1.21 bits per heavy atom. The lowest BCUT2D eigenvalue weighted by molar-refractivity contribution is -0.146. The Labute approximate surface area is 115 Å². The molecule has 2 saturated carbocycles. The first-order valence-corrected chi connectivity index (χ1v) is 7.59. The summed E-state index contributed by atoms with van der Waals surface area (Å²) in [6, 6.07) is 0.0856. The number of carboxylic acids is 1. The zero-order chi connectivity index (χ0) is 13.8. The zero-order valence-corrected chi connectivity index (χ0v) is 11.7. The normalized spacial score (nSPS) is 29.3. The zero-order valence-electron chi connectivity index (χ0n) is 11.7. The van der Waals surface area contributed by atoms with Crippen molar-refractivity contribution >= 4 is 11.9 Å². The summed E-state index contributed by atoms with van der Waals surface area (Å²) in [5.74, 6) is -0.103. The Hall–Kier alpha value is -1.06. The van der Waals surface area contributed by atoms with E-state index in [1.165, 1.54) is 32.1 Å². The molecule has 0 aliphatic heterocycles. The molecule has 2 fully saturated rings. The standard InChI is InChI=1S/C15H25NO3/c1-10(7-11-5-3-2-4-6-11)14(17)16-13-8-12(9-13)15(18)19/h10-13H,2-9H2,1H3,(H,16,17)(H,18,19). The summed E-state index contributed by atoms with van der Waals surface area (Å²) in [6.45, 7) is 2.00. The second kappa shape index (κ2) is 6.40. The number of carbonyl (C=O) groups excluding carboxylic acids is 1. The van der Waals surface area contributed by atoms with Crippen LogP contribution >= 0.6 is 0 Å². The summed E-state index contributed by atoms with van der Waals surface area (Å²) in [7, 11) is 0. The molecule has 19 heavy (non-hydrogen) atoms. The van der Waals surface area contributed by atoms with Crippen molar-refractivity contribution in [2.45, 2.75) is 64.3 Å². The van der Waals surface area contributed by atoms with Crippen LogP contribution in [0.3, 0.4) is 0 Å². The van der Waals surface area contributed by atoms with Crippen LogP contribution in [0.2, 0.25) is 0 Å². The van der Waals surface area contributed by atoms with Crippen LogP contribution in [0.4, 0.5) is 0 Å². The molecule has 2 N–H and O–H groups in total. The van der Waals surface area contributed by atoms with Gasteiger partial charge in [-0.2, -0.15) is 0 Å². The number of carbonyl (C=O) groups is 2. The molecule has 1 unspecified atom stereocenters. The molecule has 0 saturated heterocycles. The van der Waals surface area contributed by atoms with Crippen molar-refractivity contribution in [3.05, 3.63) is 0 Å². The summed E-state index contributed by atoms with van der Waals surface area (Å²) in [4.78, 5) is 22.7. The fourth-order valence-corrected chi connectivity index (χ4v) is 3.31. The van der Waals surface area contributed by atoms with Crippen LogP contribution in [0.1, 0.15) is 58.3 Å². The first kappa shape index (κ1) is 14.4. The first-order valence-electron chi connectivity index (χ1n) is 7.59. The number of hydrogen-bond donors (Lipinski definition) is 2. The summed E-state index contributed by atoms with van der Waals surface area (Å²) >= 11 is 0. The van der Waals surface area contributed by atoms with Gasteiger partial charge in [0.15, 0.2) is 0 Å². The van der Waals surface area contributed by atoms with Crippen molar-refractivity contribution in [2.75, 3.05) is 0 Å². The van der Waals surface area contributed by atoms with E-state index in [9.17, 15) is 9.59 Å². The lowest BCUT2D eigenvalue weighted by Crippen LogP contribution is -2.48. The number of rotatable bonds is 5. The van der Waals surface area contributed by atoms with Crippen LogP contribution in [-0.2, 0) is 9.59 Å². The highest BCUT2D eigenvalue weighted by molar-refractivity contribution is 5.79. The lowest BCUT2D eigenvalue weighted by Gasteiger charge is -2.34. The summed E-state index contributed by atoms with van der Waals surface area (Å²) in [6.07, 6.45) is 8.67. The van der Waals surface area contributed by atoms with Crippen LogP contribution in [0.15, 0.2) is 0 Å². The minimum absolute atomic E-state index is 0.0620. The van der Waals surface area contributed by atoms with Crippen LogP contribution in [-0.4, -0.2) is 23.0 Å². The Morgan fingerprint density at radius 2 is 1.84 bits per heavy atom. The molecule has 2 aliphatic carbocycles. The highest BCUT2D eigenvalue weighted by atomic mass is 16.4. The van der Waals surface area contributed by atoms with Gasteiger partial charge in [0.25, 0.3) is 0 Å². The second-order valence-corrected chi connectivity index (χ2v) is 6.35. The van der Waals surface area contributed by atoms with Gasteiger partial charge in [-0.3, -0.25) is 9.59 Å². The van der Waals surface area contributed by atoms with Gasteiger partial charge in [-0.1, -0.05) is 39.0 Å². The quantitative estimate of drug-likeness (QED) is 0.804. The third-order valence-electron chi connectivity index (χ3n) is 4.69. The summed E-state index contributed by atoms with van der Waals surface area (Å²) in [5, 5.41) is 11.8. The van der Waals surface area contributed by atoms with Gasteiger partial charge in [-0.05, 0) is 25.2 Å². The number of amides is 1. The van der Waals surface area contributed by atoms with Gasteiger partial charge in [0, 0.05) is 12.0 Å². The fraction of sp³-hybridized carbons (Fsp3) is 0.867. The van der Waals surface area contributed by atoms with Gasteiger partial charge < -0.3 is 10.4 Å². The van der Waals surface area contributed by atoms with Crippen LogP contribution in [0, 0.1) is 17.8 Å². The molecule has 1 atom stereocenters. The molecule has 4 nitrogen and oxygen atoms in total. The number of nitrogens with one attached hydrogen (secondary N) is 1. The van der Waals surface area contributed by atoms with E-state index in [0.717, 1.165) is 6.42 Å². The van der Waals surface area contributed by atoms with Gasteiger partial charge in [-0.15, -0.1) is 0 Å². The third kappa shape index (κ3) is 3.95. The average molecular weight is 267 g/mol. The molecule has 108 valence electrons. The lowest BCUT2D eigenvalue weighted by atomic mass is 9.79. The Balaban J connectivity index is 1.66. The Morgan fingerprint density at radius 3 is 2.42 bits per heavy atom. The predicted molar refractivity (Wildman–Crippen MR) is 72.6 cm³/mol. The molecule has 2 aliphatic rings. The Kier molecular flexibility index (Phi) is 4.83. The first-order chi connectivity index (χ1) is 9.06. The third-order valence-corrected chi connectivity index (χ3v) is 4.69. The largest absolute Gasteiger partial charge is 0.481 e. The molecular formula is C15H25NO3. The number of carboxylic acid groups (broad SMARTS) is 1. The second-order valence-electron chi connectivity index (χ2n) is 6.35. The molecular weight excluding hydrogens is 242 g/mol. The smallest absolute Gasteiger partial charge is 0.306 e. The highest BCUT2D eigenvalue weighted by Crippen LogP contribution is 2.30. The fourth-order valence-electron chi connectivity index (χ4n) is 3.31. The predicted octanol–water partition coefficient (Wildman–Crippen LogP) is 2.57. The van der Waals surface area contributed by atoms with Gasteiger partial charge >= 0.3 is 5.97 Å². The highest BCUT2D eigenvalue weighted by Gasteiger charge is 2.36. The molecule has 0 aromatic carbocycles. The maximum absolute atomic E-state index is 12.0. The van der Waals surface area contributed by atoms with E-state index in [-0.39, 0.29) is 23.8 Å². The van der Waals surface area contributed by atoms with Gasteiger partial charge in [0.1, 0.15) is 0 Å². The van der Waals surface area contributed by atoms with Crippen LogP contribution < -0.4 is 5.32 Å². The van der Waals surface area contributed by atoms with E-state index in [1.54, 1.807) is 0 Å².